The number of hydrogen-bond donors (Lipinski definition) is 1. The average molecular weight is 469 g/mol. The maximum atomic E-state index is 12.7. The van der Waals surface area contributed by atoms with Crippen molar-refractivity contribution in [3.63, 3.8) is 0 Å². The summed E-state index contributed by atoms with van der Waals surface area (Å²) < 4.78 is 27.8. The number of rotatable bonds is 12. The zero-order valence-electron chi connectivity index (χ0n) is 20.4. The molecule has 0 unspecified atom stereocenters. The number of aryl methyl sites for hydroxylation is 2. The first-order chi connectivity index (χ1) is 16.5. The van der Waals surface area contributed by atoms with Crippen LogP contribution in [0.25, 0.3) is 0 Å². The van der Waals surface area contributed by atoms with Crippen molar-refractivity contribution in [3.05, 3.63) is 64.5 Å². The van der Waals surface area contributed by atoms with Crippen LogP contribution in [0.4, 0.5) is 0 Å². The third-order valence-electron chi connectivity index (χ3n) is 5.29. The second-order valence-corrected chi connectivity index (χ2v) is 7.61. The van der Waals surface area contributed by atoms with Crippen molar-refractivity contribution in [2.45, 2.75) is 40.7 Å². The van der Waals surface area contributed by atoms with Crippen LogP contribution in [0.5, 0.6) is 23.0 Å². The molecule has 0 saturated heterocycles. The zero-order valence-corrected chi connectivity index (χ0v) is 20.4. The van der Waals surface area contributed by atoms with Gasteiger partial charge >= 0.3 is 0 Å². The molecule has 1 aromatic heterocycles. The van der Waals surface area contributed by atoms with Crippen LogP contribution in [0.2, 0.25) is 0 Å². The summed E-state index contributed by atoms with van der Waals surface area (Å²) in [6.45, 7) is 9.48. The van der Waals surface area contributed by atoms with Gasteiger partial charge in [-0.3, -0.25) is 4.79 Å². The van der Waals surface area contributed by atoms with Gasteiger partial charge in [0.05, 0.1) is 31.6 Å². The normalized spacial score (nSPS) is 10.6. The molecule has 0 spiro atoms. The van der Waals surface area contributed by atoms with Gasteiger partial charge in [0.1, 0.15) is 12.4 Å². The Morgan fingerprint density at radius 3 is 2.32 bits per heavy atom. The molecule has 3 rings (SSSR count). The highest BCUT2D eigenvalue weighted by Gasteiger charge is 2.14. The Labute approximate surface area is 200 Å². The largest absolute Gasteiger partial charge is 0.493 e. The molecule has 0 atom stereocenters. The van der Waals surface area contributed by atoms with Crippen molar-refractivity contribution in [1.29, 1.82) is 0 Å². The Morgan fingerprint density at radius 1 is 0.941 bits per heavy atom. The van der Waals surface area contributed by atoms with Crippen molar-refractivity contribution < 1.29 is 28.3 Å². The summed E-state index contributed by atoms with van der Waals surface area (Å²) in [6.07, 6.45) is 0.661. The van der Waals surface area contributed by atoms with Crippen LogP contribution in [0.15, 0.2) is 40.9 Å². The molecule has 1 heterocycles. The van der Waals surface area contributed by atoms with Crippen LogP contribution < -0.4 is 24.3 Å². The Bertz CT molecular complexity index is 1090. The molecule has 8 nitrogen and oxygen atoms in total. The van der Waals surface area contributed by atoms with Gasteiger partial charge in [-0.15, -0.1) is 0 Å². The van der Waals surface area contributed by atoms with Gasteiger partial charge in [0.25, 0.3) is 5.91 Å². The first kappa shape index (κ1) is 25.0. The number of aromatic nitrogens is 1. The van der Waals surface area contributed by atoms with Gasteiger partial charge in [-0.1, -0.05) is 11.2 Å². The van der Waals surface area contributed by atoms with Gasteiger partial charge in [0.2, 0.25) is 0 Å². The first-order valence-corrected chi connectivity index (χ1v) is 11.4. The molecule has 0 aliphatic rings. The average Bonchev–Trinajstić information content (AvgIpc) is 3.16. The molecule has 182 valence electrons. The van der Waals surface area contributed by atoms with E-state index < -0.39 is 0 Å². The number of methoxy groups -OCH3 is 1. The number of nitrogens with zero attached hydrogens (tertiary/aromatic N) is 1. The number of amides is 1. The second kappa shape index (κ2) is 12.0. The maximum Gasteiger partial charge on any atom is 0.251 e. The quantitative estimate of drug-likeness (QED) is 0.414. The van der Waals surface area contributed by atoms with Crippen molar-refractivity contribution in [2.24, 2.45) is 0 Å². The smallest absolute Gasteiger partial charge is 0.251 e. The Hall–Kier alpha value is -3.68. The van der Waals surface area contributed by atoms with Gasteiger partial charge in [-0.25, -0.2) is 0 Å². The number of benzene rings is 2. The summed E-state index contributed by atoms with van der Waals surface area (Å²) in [6, 6.07) is 10.9. The predicted octanol–water partition coefficient (Wildman–Crippen LogP) is 4.65. The van der Waals surface area contributed by atoms with Crippen LogP contribution in [0.3, 0.4) is 0 Å². The molecule has 1 amide bonds. The summed E-state index contributed by atoms with van der Waals surface area (Å²) in [7, 11) is 1.54. The molecular weight excluding hydrogens is 436 g/mol. The van der Waals surface area contributed by atoms with E-state index in [2.05, 4.69) is 10.5 Å². The van der Waals surface area contributed by atoms with E-state index in [0.29, 0.717) is 61.4 Å². The highest BCUT2D eigenvalue weighted by molar-refractivity contribution is 5.94. The number of hydrogen-bond acceptors (Lipinski definition) is 7. The van der Waals surface area contributed by atoms with Crippen molar-refractivity contribution in [2.75, 3.05) is 26.9 Å². The minimum absolute atomic E-state index is 0.188. The lowest BCUT2D eigenvalue weighted by atomic mass is 10.1. The Kier molecular flexibility index (Phi) is 8.79. The molecule has 0 fully saturated rings. The Balaban J connectivity index is 1.59. The molecule has 2 aromatic carbocycles. The monoisotopic (exact) mass is 468 g/mol. The molecular formula is C26H32N2O6. The van der Waals surface area contributed by atoms with E-state index in [1.165, 1.54) is 0 Å². The number of nitrogens with one attached hydrogen (secondary N) is 1. The maximum absolute atomic E-state index is 12.7. The summed E-state index contributed by atoms with van der Waals surface area (Å²) >= 11 is 0. The lowest BCUT2D eigenvalue weighted by Crippen LogP contribution is -2.25. The second-order valence-electron chi connectivity index (χ2n) is 7.61. The minimum Gasteiger partial charge on any atom is -0.493 e. The third-order valence-corrected chi connectivity index (χ3v) is 5.29. The number of carbonyl (C=O) groups excluding carboxylic acids is 1. The van der Waals surface area contributed by atoms with Crippen LogP contribution in [0, 0.1) is 13.8 Å². The van der Waals surface area contributed by atoms with Gasteiger partial charge in [0.15, 0.2) is 23.0 Å². The molecule has 34 heavy (non-hydrogen) atoms. The molecule has 8 heteroatoms. The molecule has 0 aliphatic heterocycles. The minimum atomic E-state index is -0.188. The molecule has 0 saturated carbocycles. The highest BCUT2D eigenvalue weighted by Crippen LogP contribution is 2.30. The number of ether oxygens (including phenoxy) is 4. The van der Waals surface area contributed by atoms with Gasteiger partial charge < -0.3 is 28.8 Å². The molecule has 0 bridgehead atoms. The van der Waals surface area contributed by atoms with E-state index in [0.717, 1.165) is 22.6 Å². The van der Waals surface area contributed by atoms with Crippen LogP contribution in [-0.2, 0) is 13.0 Å². The van der Waals surface area contributed by atoms with Gasteiger partial charge in [-0.05, 0) is 70.0 Å². The fourth-order valence-electron chi connectivity index (χ4n) is 3.46. The van der Waals surface area contributed by atoms with Crippen LogP contribution in [-0.4, -0.2) is 37.9 Å². The fraction of sp³-hybridized carbons (Fsp3) is 0.385. The summed E-state index contributed by atoms with van der Waals surface area (Å²) in [4.78, 5) is 12.7. The topological polar surface area (TPSA) is 92.1 Å². The van der Waals surface area contributed by atoms with E-state index in [4.69, 9.17) is 23.5 Å². The SMILES string of the molecule is CCOc1ccc(CCNC(=O)c2ccc(OCc3c(C)noc3C)c(OC)c2)cc1OCC. The number of carbonyl (C=O) groups is 1. The summed E-state index contributed by atoms with van der Waals surface area (Å²) in [5.74, 6) is 2.98. The molecule has 1 N–H and O–H groups in total. The zero-order chi connectivity index (χ0) is 24.5. The predicted molar refractivity (Wildman–Crippen MR) is 128 cm³/mol. The van der Waals surface area contributed by atoms with E-state index in [-0.39, 0.29) is 5.91 Å². The van der Waals surface area contributed by atoms with E-state index >= 15 is 0 Å². The van der Waals surface area contributed by atoms with Crippen molar-refractivity contribution >= 4 is 5.91 Å². The fourth-order valence-corrected chi connectivity index (χ4v) is 3.46. The summed E-state index contributed by atoms with van der Waals surface area (Å²) in [5, 5.41) is 6.88. The first-order valence-electron chi connectivity index (χ1n) is 11.4. The lowest BCUT2D eigenvalue weighted by molar-refractivity contribution is 0.0953. The van der Waals surface area contributed by atoms with Crippen LogP contribution >= 0.6 is 0 Å². The molecule has 0 radical (unpaired) electrons. The third kappa shape index (κ3) is 6.21. The van der Waals surface area contributed by atoms with Crippen LogP contribution in [0.1, 0.15) is 46.8 Å². The van der Waals surface area contributed by atoms with Gasteiger partial charge in [-0.2, -0.15) is 0 Å². The highest BCUT2D eigenvalue weighted by atomic mass is 16.5. The van der Waals surface area contributed by atoms with Crippen molar-refractivity contribution in [3.8, 4) is 23.0 Å². The van der Waals surface area contributed by atoms with E-state index in [1.54, 1.807) is 25.3 Å². The standard InChI is InChI=1S/C26H32N2O6/c1-6-31-23-10-8-19(14-25(23)32-7-2)12-13-27-26(29)20-9-11-22(24(15-20)30-5)33-16-21-17(3)28-34-18(21)4/h8-11,14-15H,6-7,12-13,16H2,1-5H3,(H,27,29). The Morgan fingerprint density at radius 2 is 1.65 bits per heavy atom. The van der Waals surface area contributed by atoms with E-state index in [1.807, 2.05) is 45.9 Å². The van der Waals surface area contributed by atoms with E-state index in [9.17, 15) is 4.79 Å². The lowest BCUT2D eigenvalue weighted by Gasteiger charge is -2.13. The van der Waals surface area contributed by atoms with Crippen molar-refractivity contribution in [1.82, 2.24) is 10.5 Å². The van der Waals surface area contributed by atoms with Gasteiger partial charge in [0, 0.05) is 12.1 Å². The summed E-state index contributed by atoms with van der Waals surface area (Å²) in [5.41, 5.74) is 3.22. The molecule has 0 aliphatic carbocycles. The molecule has 3 aromatic rings.